The second-order valence-corrected chi connectivity index (χ2v) is 8.54. The van der Waals surface area contributed by atoms with E-state index in [1.54, 1.807) is 11.0 Å². The maximum Gasteiger partial charge on any atom is 0.248 e. The number of nitrogens with one attached hydrogen (secondary N) is 1. The number of aromatic nitrogens is 3. The Kier molecular flexibility index (Phi) is 6.02. The van der Waals surface area contributed by atoms with E-state index in [4.69, 9.17) is 0 Å². The number of benzene rings is 2. The molecule has 2 amide bonds. The first-order valence-corrected chi connectivity index (χ1v) is 11.6. The van der Waals surface area contributed by atoms with Gasteiger partial charge in [-0.2, -0.15) is 0 Å². The molecular weight excluding hydrogens is 414 g/mol. The molecule has 33 heavy (non-hydrogen) atoms. The average Bonchev–Trinajstić information content (AvgIpc) is 3.37. The molecule has 0 radical (unpaired) electrons. The highest BCUT2D eigenvalue weighted by Gasteiger charge is 2.21. The van der Waals surface area contributed by atoms with Gasteiger partial charge in [-0.3, -0.25) is 9.59 Å². The lowest BCUT2D eigenvalue weighted by molar-refractivity contribution is -0.117. The minimum atomic E-state index is -0.196. The van der Waals surface area contributed by atoms with Crippen LogP contribution in [0.1, 0.15) is 43.5 Å². The Morgan fingerprint density at radius 3 is 2.45 bits per heavy atom. The maximum absolute atomic E-state index is 12.4. The lowest BCUT2D eigenvalue weighted by Crippen LogP contribution is -2.23. The number of hydrogen-bond donors (Lipinski definition) is 1. The maximum atomic E-state index is 12.4. The molecule has 0 spiro atoms. The van der Waals surface area contributed by atoms with Crippen LogP contribution in [-0.2, 0) is 22.6 Å². The molecule has 5 rings (SSSR count). The molecule has 1 aromatic heterocycles. The van der Waals surface area contributed by atoms with E-state index in [2.05, 4.69) is 20.1 Å². The molecule has 0 unspecified atom stereocenters. The molecule has 1 N–H and O–H groups in total. The Bertz CT molecular complexity index is 1180. The lowest BCUT2D eigenvalue weighted by Gasteiger charge is -2.15. The van der Waals surface area contributed by atoms with E-state index in [1.807, 2.05) is 48.5 Å². The molecule has 3 aromatic rings. The van der Waals surface area contributed by atoms with Crippen LogP contribution in [0.5, 0.6) is 0 Å². The number of anilines is 2. The third kappa shape index (κ3) is 4.72. The minimum Gasteiger partial charge on any atom is -0.323 e. The van der Waals surface area contributed by atoms with Crippen molar-refractivity contribution in [1.29, 1.82) is 0 Å². The summed E-state index contributed by atoms with van der Waals surface area (Å²) in [7, 11) is 0. The van der Waals surface area contributed by atoms with Gasteiger partial charge < -0.3 is 14.8 Å². The average molecular weight is 442 g/mol. The van der Waals surface area contributed by atoms with Crippen LogP contribution in [0, 0.1) is 0 Å². The number of amides is 2. The summed E-state index contributed by atoms with van der Waals surface area (Å²) in [6.07, 6.45) is 9.33. The quantitative estimate of drug-likeness (QED) is 0.593. The summed E-state index contributed by atoms with van der Waals surface area (Å²) in [5, 5.41) is 11.7. The van der Waals surface area contributed by atoms with Gasteiger partial charge in [0.25, 0.3) is 0 Å². The van der Waals surface area contributed by atoms with Crippen molar-refractivity contribution in [3.8, 4) is 11.4 Å². The summed E-state index contributed by atoms with van der Waals surface area (Å²) in [5.41, 5.74) is 3.54. The molecule has 1 saturated heterocycles. The molecule has 3 heterocycles. The van der Waals surface area contributed by atoms with Gasteiger partial charge in [-0.1, -0.05) is 18.6 Å². The predicted molar refractivity (Wildman–Crippen MR) is 129 cm³/mol. The number of carbonyl (C=O) groups is 2. The van der Waals surface area contributed by atoms with Crippen LogP contribution in [-0.4, -0.2) is 33.1 Å². The number of hydrogen-bond acceptors (Lipinski definition) is 4. The van der Waals surface area contributed by atoms with Gasteiger partial charge in [-0.25, -0.2) is 0 Å². The number of fused-ring (bicyclic) bond motifs is 1. The largest absolute Gasteiger partial charge is 0.323 e. The number of aryl methyl sites for hydroxylation is 1. The van der Waals surface area contributed by atoms with E-state index in [-0.39, 0.29) is 11.8 Å². The van der Waals surface area contributed by atoms with Gasteiger partial charge in [0.1, 0.15) is 5.82 Å². The first kappa shape index (κ1) is 21.1. The molecule has 1 fully saturated rings. The monoisotopic (exact) mass is 441 g/mol. The van der Waals surface area contributed by atoms with E-state index in [1.165, 1.54) is 18.9 Å². The molecule has 7 heteroatoms. The third-order valence-corrected chi connectivity index (χ3v) is 6.23. The summed E-state index contributed by atoms with van der Waals surface area (Å²) in [6.45, 7) is 1.73. The van der Waals surface area contributed by atoms with Crippen molar-refractivity contribution in [2.24, 2.45) is 0 Å². The molecule has 168 valence electrons. The van der Waals surface area contributed by atoms with Gasteiger partial charge in [0.15, 0.2) is 5.82 Å². The van der Waals surface area contributed by atoms with Crippen molar-refractivity contribution < 1.29 is 9.59 Å². The third-order valence-electron chi connectivity index (χ3n) is 6.23. The molecule has 0 aliphatic carbocycles. The Labute approximate surface area is 193 Å². The number of nitrogens with zero attached hydrogens (tertiary/aromatic N) is 4. The second-order valence-electron chi connectivity index (χ2n) is 8.54. The van der Waals surface area contributed by atoms with Gasteiger partial charge in [0, 0.05) is 48.9 Å². The Balaban J connectivity index is 1.20. The number of carbonyl (C=O) groups excluding carboxylic acids is 2. The van der Waals surface area contributed by atoms with Crippen molar-refractivity contribution in [3.63, 3.8) is 0 Å². The van der Waals surface area contributed by atoms with Crippen LogP contribution in [0.15, 0.2) is 54.6 Å². The molecule has 2 aliphatic rings. The summed E-state index contributed by atoms with van der Waals surface area (Å²) < 4.78 is 2.22. The van der Waals surface area contributed by atoms with Crippen LogP contribution in [0.4, 0.5) is 11.4 Å². The van der Waals surface area contributed by atoms with Crippen molar-refractivity contribution in [3.05, 3.63) is 66.0 Å². The topological polar surface area (TPSA) is 80.1 Å². The normalized spacial score (nSPS) is 16.1. The van der Waals surface area contributed by atoms with Crippen molar-refractivity contribution in [2.75, 3.05) is 16.8 Å². The second kappa shape index (κ2) is 9.40. The van der Waals surface area contributed by atoms with Gasteiger partial charge in [0.2, 0.25) is 11.8 Å². The predicted octanol–water partition coefficient (Wildman–Crippen LogP) is 4.45. The van der Waals surface area contributed by atoms with Crippen LogP contribution < -0.4 is 10.2 Å². The van der Waals surface area contributed by atoms with E-state index in [9.17, 15) is 9.59 Å². The summed E-state index contributed by atoms with van der Waals surface area (Å²) in [4.78, 5) is 26.0. The fraction of sp³-hybridized carbons (Fsp3) is 0.308. The molecule has 2 aromatic carbocycles. The highest BCUT2D eigenvalue weighted by Crippen LogP contribution is 2.24. The Morgan fingerprint density at radius 2 is 1.70 bits per heavy atom. The van der Waals surface area contributed by atoms with E-state index < -0.39 is 0 Å². The summed E-state index contributed by atoms with van der Waals surface area (Å²) in [6, 6.07) is 15.4. The molecule has 0 bridgehead atoms. The zero-order chi connectivity index (χ0) is 22.6. The zero-order valence-electron chi connectivity index (χ0n) is 18.5. The van der Waals surface area contributed by atoms with Gasteiger partial charge in [-0.05, 0) is 67.3 Å². The lowest BCUT2D eigenvalue weighted by atomic mass is 10.1. The Morgan fingerprint density at radius 1 is 0.879 bits per heavy atom. The number of rotatable bonds is 5. The van der Waals surface area contributed by atoms with Gasteiger partial charge in [-0.15, -0.1) is 10.2 Å². The first-order chi connectivity index (χ1) is 16.2. The van der Waals surface area contributed by atoms with Crippen LogP contribution in [0.2, 0.25) is 0 Å². The fourth-order valence-electron chi connectivity index (χ4n) is 4.44. The Hall–Kier alpha value is -3.74. The van der Waals surface area contributed by atoms with E-state index in [0.717, 1.165) is 66.5 Å². The zero-order valence-corrected chi connectivity index (χ0v) is 18.5. The highest BCUT2D eigenvalue weighted by molar-refractivity contribution is 6.02. The van der Waals surface area contributed by atoms with Crippen molar-refractivity contribution in [1.82, 2.24) is 14.8 Å². The van der Waals surface area contributed by atoms with Crippen LogP contribution in [0.25, 0.3) is 17.5 Å². The smallest absolute Gasteiger partial charge is 0.248 e. The fourth-order valence-corrected chi connectivity index (χ4v) is 4.44. The SMILES string of the molecule is O=C(/C=C/c1ccc(N2CCCC2=O)cc1)Nc1ccc(-c2nnc3n2CCCCC3)cc1. The highest BCUT2D eigenvalue weighted by atomic mass is 16.2. The molecule has 7 nitrogen and oxygen atoms in total. The van der Waals surface area contributed by atoms with Crippen LogP contribution in [0.3, 0.4) is 0 Å². The van der Waals surface area contributed by atoms with Crippen LogP contribution >= 0.6 is 0 Å². The van der Waals surface area contributed by atoms with Gasteiger partial charge >= 0.3 is 0 Å². The summed E-state index contributed by atoms with van der Waals surface area (Å²) in [5.74, 6) is 1.93. The molecular formula is C26H27N5O2. The summed E-state index contributed by atoms with van der Waals surface area (Å²) >= 11 is 0. The standard InChI is InChI=1S/C26H27N5O2/c32-24(16-9-19-7-14-22(15-8-19)30-18-4-6-25(30)33)27-21-12-10-20(11-13-21)26-29-28-23-5-2-1-3-17-31(23)26/h7-16H,1-6,17-18H2,(H,27,32)/b16-9+. The van der Waals surface area contributed by atoms with Crippen molar-refractivity contribution in [2.45, 2.75) is 45.1 Å². The molecule has 2 aliphatic heterocycles. The minimum absolute atomic E-state index is 0.170. The van der Waals surface area contributed by atoms with E-state index in [0.29, 0.717) is 6.42 Å². The van der Waals surface area contributed by atoms with Crippen molar-refractivity contribution >= 4 is 29.3 Å². The first-order valence-electron chi connectivity index (χ1n) is 11.6. The van der Waals surface area contributed by atoms with Gasteiger partial charge in [0.05, 0.1) is 0 Å². The molecule has 0 atom stereocenters. The van der Waals surface area contributed by atoms with E-state index >= 15 is 0 Å². The molecule has 0 saturated carbocycles.